The molecular formula is C37H68NO8P. The summed E-state index contributed by atoms with van der Waals surface area (Å²) in [6.45, 7) is 3.61. The molecule has 0 heterocycles. The highest BCUT2D eigenvalue weighted by Crippen LogP contribution is 2.43. The van der Waals surface area contributed by atoms with Crippen molar-refractivity contribution in [2.45, 2.75) is 161 Å². The second-order valence-electron chi connectivity index (χ2n) is 12.1. The zero-order chi connectivity index (χ0) is 34.7. The smallest absolute Gasteiger partial charge is 0.462 e. The van der Waals surface area contributed by atoms with Crippen molar-refractivity contribution in [3.05, 3.63) is 36.5 Å². The molecule has 0 aliphatic carbocycles. The van der Waals surface area contributed by atoms with Crippen molar-refractivity contribution in [3.63, 3.8) is 0 Å². The quantitative estimate of drug-likeness (QED) is 0.0294. The number of carbonyl (C=O) groups excluding carboxylic acids is 2. The van der Waals surface area contributed by atoms with Gasteiger partial charge >= 0.3 is 19.8 Å². The molecule has 47 heavy (non-hydrogen) atoms. The molecule has 0 saturated carbocycles. The fourth-order valence-electron chi connectivity index (χ4n) is 4.70. The first kappa shape index (κ1) is 45.2. The lowest BCUT2D eigenvalue weighted by atomic mass is 10.1. The number of hydrogen-bond acceptors (Lipinski definition) is 8. The minimum atomic E-state index is -4.38. The summed E-state index contributed by atoms with van der Waals surface area (Å²) in [5.74, 6) is -0.882. The topological polar surface area (TPSA) is 134 Å². The van der Waals surface area contributed by atoms with Gasteiger partial charge in [-0.05, 0) is 64.2 Å². The predicted octanol–water partition coefficient (Wildman–Crippen LogP) is 9.82. The first-order valence-corrected chi connectivity index (χ1v) is 20.0. The van der Waals surface area contributed by atoms with Gasteiger partial charge in [0, 0.05) is 19.4 Å². The van der Waals surface area contributed by atoms with Gasteiger partial charge in [-0.3, -0.25) is 18.6 Å². The van der Waals surface area contributed by atoms with Gasteiger partial charge in [0.25, 0.3) is 0 Å². The molecule has 10 heteroatoms. The summed E-state index contributed by atoms with van der Waals surface area (Å²) in [5.41, 5.74) is 5.32. The number of nitrogens with two attached hydrogens (primary N) is 1. The lowest BCUT2D eigenvalue weighted by molar-refractivity contribution is -0.161. The summed E-state index contributed by atoms with van der Waals surface area (Å²) in [5, 5.41) is 0. The number of esters is 2. The average molecular weight is 686 g/mol. The molecule has 0 radical (unpaired) electrons. The van der Waals surface area contributed by atoms with Crippen molar-refractivity contribution < 1.29 is 37.6 Å². The van der Waals surface area contributed by atoms with Crippen LogP contribution in [0.1, 0.15) is 155 Å². The summed E-state index contributed by atoms with van der Waals surface area (Å²) in [6, 6.07) is 0. The fourth-order valence-corrected chi connectivity index (χ4v) is 5.47. The number of hydrogen-bond donors (Lipinski definition) is 2. The standard InChI is InChI=1S/C37H68NO8P/c1-3-5-7-9-11-13-15-16-17-18-20-22-24-26-28-30-37(40)46-35(34-45-47(41,42)44-32-31-38)33-43-36(39)29-27-25-23-21-19-14-12-10-8-6-4-2/h10,12,16-17,20,22,35H,3-9,11,13-15,18-19,21,23-34,38H2,1-2H3,(H,41,42)/b12-10+,17-16+,22-20+/t35-/m1/s1. The third-order valence-corrected chi connectivity index (χ3v) is 8.48. The molecule has 0 spiro atoms. The van der Waals surface area contributed by atoms with Gasteiger partial charge in [0.1, 0.15) is 6.61 Å². The Hall–Kier alpha value is -1.77. The highest BCUT2D eigenvalue weighted by Gasteiger charge is 2.25. The molecule has 274 valence electrons. The number of rotatable bonds is 34. The Morgan fingerprint density at radius 3 is 1.74 bits per heavy atom. The monoisotopic (exact) mass is 685 g/mol. The summed E-state index contributed by atoms with van der Waals surface area (Å²) in [6.07, 6.45) is 34.7. The minimum Gasteiger partial charge on any atom is -0.462 e. The van der Waals surface area contributed by atoms with Crippen LogP contribution < -0.4 is 5.73 Å². The molecule has 0 fully saturated rings. The minimum absolute atomic E-state index is 0.0468. The van der Waals surface area contributed by atoms with Crippen molar-refractivity contribution in [2.24, 2.45) is 5.73 Å². The van der Waals surface area contributed by atoms with Gasteiger partial charge in [-0.15, -0.1) is 0 Å². The van der Waals surface area contributed by atoms with Gasteiger partial charge in [-0.1, -0.05) is 115 Å². The molecule has 0 aliphatic heterocycles. The Labute approximate surface area is 286 Å². The van der Waals surface area contributed by atoms with Crippen molar-refractivity contribution in [1.82, 2.24) is 0 Å². The highest BCUT2D eigenvalue weighted by atomic mass is 31.2. The molecule has 0 aromatic heterocycles. The van der Waals surface area contributed by atoms with Gasteiger partial charge < -0.3 is 20.1 Å². The van der Waals surface area contributed by atoms with E-state index in [1.54, 1.807) is 0 Å². The number of ether oxygens (including phenoxy) is 2. The maximum atomic E-state index is 12.5. The second-order valence-corrected chi connectivity index (χ2v) is 13.5. The highest BCUT2D eigenvalue weighted by molar-refractivity contribution is 7.47. The van der Waals surface area contributed by atoms with Crippen LogP contribution >= 0.6 is 7.82 Å². The Kier molecular flexibility index (Phi) is 32.8. The summed E-state index contributed by atoms with van der Waals surface area (Å²) in [7, 11) is -4.38. The molecular weight excluding hydrogens is 617 g/mol. The molecule has 0 aromatic rings. The van der Waals surface area contributed by atoms with E-state index in [0.717, 1.165) is 70.6 Å². The van der Waals surface area contributed by atoms with E-state index in [1.807, 2.05) is 0 Å². The Bertz CT molecular complexity index is 876. The van der Waals surface area contributed by atoms with Crippen molar-refractivity contribution in [3.8, 4) is 0 Å². The van der Waals surface area contributed by atoms with Crippen LogP contribution in [0.2, 0.25) is 0 Å². The molecule has 9 nitrogen and oxygen atoms in total. The molecule has 0 rings (SSSR count). The van der Waals surface area contributed by atoms with E-state index in [9.17, 15) is 19.0 Å². The molecule has 1 unspecified atom stereocenters. The third kappa shape index (κ3) is 33.9. The van der Waals surface area contributed by atoms with E-state index < -0.39 is 32.5 Å². The van der Waals surface area contributed by atoms with Crippen molar-refractivity contribution in [2.75, 3.05) is 26.4 Å². The Balaban J connectivity index is 4.32. The van der Waals surface area contributed by atoms with E-state index in [4.69, 9.17) is 24.3 Å². The van der Waals surface area contributed by atoms with E-state index in [1.165, 1.54) is 51.4 Å². The molecule has 0 amide bonds. The number of carbonyl (C=O) groups is 2. The van der Waals surface area contributed by atoms with Crippen molar-refractivity contribution in [1.29, 1.82) is 0 Å². The van der Waals surface area contributed by atoms with Crippen molar-refractivity contribution >= 4 is 19.8 Å². The molecule has 2 atom stereocenters. The summed E-state index contributed by atoms with van der Waals surface area (Å²) >= 11 is 0. The number of phosphoric acid groups is 1. The van der Waals surface area contributed by atoms with E-state index in [-0.39, 0.29) is 32.6 Å². The number of phosphoric ester groups is 1. The zero-order valence-electron chi connectivity index (χ0n) is 29.8. The molecule has 3 N–H and O–H groups in total. The van der Waals surface area contributed by atoms with Crippen LogP contribution in [-0.2, 0) is 32.7 Å². The van der Waals surface area contributed by atoms with Crippen LogP contribution in [0.15, 0.2) is 36.5 Å². The Morgan fingerprint density at radius 2 is 1.13 bits per heavy atom. The predicted molar refractivity (Wildman–Crippen MR) is 192 cm³/mol. The summed E-state index contributed by atoms with van der Waals surface area (Å²) in [4.78, 5) is 34.6. The fraction of sp³-hybridized carbons (Fsp3) is 0.784. The van der Waals surface area contributed by atoms with Crippen LogP contribution in [0.3, 0.4) is 0 Å². The van der Waals surface area contributed by atoms with E-state index >= 15 is 0 Å². The number of allylic oxidation sites excluding steroid dienone is 6. The lowest BCUT2D eigenvalue weighted by Crippen LogP contribution is -2.29. The van der Waals surface area contributed by atoms with E-state index in [0.29, 0.717) is 6.42 Å². The largest absolute Gasteiger partial charge is 0.472 e. The van der Waals surface area contributed by atoms with Crippen LogP contribution in [0, 0.1) is 0 Å². The first-order valence-electron chi connectivity index (χ1n) is 18.5. The third-order valence-electron chi connectivity index (χ3n) is 7.50. The molecule has 0 bridgehead atoms. The normalized spacial score (nSPS) is 13.9. The van der Waals surface area contributed by atoms with Crippen LogP contribution in [-0.4, -0.2) is 49.3 Å². The number of unbranched alkanes of at least 4 members (excludes halogenated alkanes) is 15. The Morgan fingerprint density at radius 1 is 0.638 bits per heavy atom. The lowest BCUT2D eigenvalue weighted by Gasteiger charge is -2.19. The van der Waals surface area contributed by atoms with Gasteiger partial charge in [0.2, 0.25) is 0 Å². The van der Waals surface area contributed by atoms with Crippen LogP contribution in [0.4, 0.5) is 0 Å². The summed E-state index contributed by atoms with van der Waals surface area (Å²) < 4.78 is 32.5. The first-order chi connectivity index (χ1) is 22.8. The van der Waals surface area contributed by atoms with Gasteiger partial charge in [0.05, 0.1) is 13.2 Å². The SMILES string of the molecule is CCCC/C=C/CCCCCCCC(=O)OC[C@H](COP(=O)(O)OCCN)OC(=O)CCCC/C=C/C/C=C/CCCCCCCC. The molecule has 0 aliphatic rings. The molecule has 0 aromatic carbocycles. The average Bonchev–Trinajstić information content (AvgIpc) is 3.05. The van der Waals surface area contributed by atoms with Crippen LogP contribution in [0.5, 0.6) is 0 Å². The van der Waals surface area contributed by atoms with Gasteiger partial charge in [-0.25, -0.2) is 4.57 Å². The molecule has 0 saturated heterocycles. The zero-order valence-corrected chi connectivity index (χ0v) is 30.7. The maximum Gasteiger partial charge on any atom is 0.472 e. The second kappa shape index (κ2) is 34.1. The van der Waals surface area contributed by atoms with Gasteiger partial charge in [0.15, 0.2) is 6.10 Å². The maximum absolute atomic E-state index is 12.5. The van der Waals surface area contributed by atoms with Crippen LogP contribution in [0.25, 0.3) is 0 Å². The van der Waals surface area contributed by atoms with E-state index in [2.05, 4.69) is 50.3 Å². The van der Waals surface area contributed by atoms with Gasteiger partial charge in [-0.2, -0.15) is 0 Å².